The predicted molar refractivity (Wildman–Crippen MR) is 99.6 cm³/mol. The summed E-state index contributed by atoms with van der Waals surface area (Å²) < 4.78 is 5.25. The van der Waals surface area contributed by atoms with E-state index in [9.17, 15) is 0 Å². The lowest BCUT2D eigenvalue weighted by atomic mass is 9.80. The van der Waals surface area contributed by atoms with Gasteiger partial charge < -0.3 is 4.74 Å². The molecule has 0 amide bonds. The lowest BCUT2D eigenvalue weighted by Gasteiger charge is -2.24. The lowest BCUT2D eigenvalue weighted by Crippen LogP contribution is -2.09. The van der Waals surface area contributed by atoms with E-state index < -0.39 is 0 Å². The summed E-state index contributed by atoms with van der Waals surface area (Å²) in [6.45, 7) is 4.35. The molecular weight excluding hydrogens is 292 g/mol. The monoisotopic (exact) mass is 312 g/mol. The molecule has 0 bridgehead atoms. The van der Waals surface area contributed by atoms with Gasteiger partial charge in [0.1, 0.15) is 5.75 Å². The Balaban J connectivity index is 1.72. The van der Waals surface area contributed by atoms with Gasteiger partial charge in [0.05, 0.1) is 7.11 Å². The molecule has 0 heterocycles. The molecule has 4 rings (SSSR count). The zero-order valence-electron chi connectivity index (χ0n) is 13.9. The van der Waals surface area contributed by atoms with Crippen LogP contribution in [0.5, 0.6) is 5.75 Å². The Labute approximate surface area is 143 Å². The van der Waals surface area contributed by atoms with Gasteiger partial charge in [-0.25, -0.2) is 0 Å². The van der Waals surface area contributed by atoms with Crippen molar-refractivity contribution in [2.24, 2.45) is 0 Å². The molecule has 1 heteroatoms. The van der Waals surface area contributed by atoms with Crippen LogP contribution < -0.4 is 4.74 Å². The van der Waals surface area contributed by atoms with Gasteiger partial charge in [-0.2, -0.15) is 0 Å². The first-order valence-corrected chi connectivity index (χ1v) is 8.27. The molecule has 0 fully saturated rings. The average molecular weight is 312 g/mol. The molecule has 0 saturated carbocycles. The van der Waals surface area contributed by atoms with Crippen LogP contribution in [0.25, 0.3) is 5.57 Å². The van der Waals surface area contributed by atoms with Crippen molar-refractivity contribution in [1.29, 1.82) is 0 Å². The highest BCUT2D eigenvalue weighted by Gasteiger charge is 2.20. The molecule has 1 nitrogen and oxygen atoms in total. The normalized spacial score (nSPS) is 12.5. The maximum atomic E-state index is 5.25. The number of benzene rings is 3. The number of fused-ring (bicyclic) bond motifs is 2. The van der Waals surface area contributed by atoms with E-state index >= 15 is 0 Å². The molecule has 0 aliphatic heterocycles. The zero-order chi connectivity index (χ0) is 16.5. The van der Waals surface area contributed by atoms with Crippen LogP contribution in [-0.4, -0.2) is 7.11 Å². The summed E-state index contributed by atoms with van der Waals surface area (Å²) in [6.07, 6.45) is 1.92. The van der Waals surface area contributed by atoms with Gasteiger partial charge in [0.25, 0.3) is 0 Å². The molecule has 0 unspecified atom stereocenters. The number of hydrogen-bond acceptors (Lipinski definition) is 1. The second-order valence-corrected chi connectivity index (χ2v) is 6.28. The maximum absolute atomic E-state index is 5.25. The lowest BCUT2D eigenvalue weighted by molar-refractivity contribution is 0.414. The van der Waals surface area contributed by atoms with Crippen LogP contribution in [-0.2, 0) is 12.8 Å². The van der Waals surface area contributed by atoms with E-state index in [1.165, 1.54) is 33.4 Å². The summed E-state index contributed by atoms with van der Waals surface area (Å²) in [4.78, 5) is 0. The average Bonchev–Trinajstić information content (AvgIpc) is 2.63. The zero-order valence-corrected chi connectivity index (χ0v) is 13.9. The number of hydrogen-bond donors (Lipinski definition) is 0. The van der Waals surface area contributed by atoms with Gasteiger partial charge in [-0.3, -0.25) is 0 Å². The van der Waals surface area contributed by atoms with Crippen LogP contribution >= 0.6 is 0 Å². The number of methoxy groups -OCH3 is 1. The predicted octanol–water partition coefficient (Wildman–Crippen LogP) is 5.25. The minimum Gasteiger partial charge on any atom is -0.497 e. The van der Waals surface area contributed by atoms with E-state index in [-0.39, 0.29) is 0 Å². The topological polar surface area (TPSA) is 9.23 Å². The van der Waals surface area contributed by atoms with Crippen molar-refractivity contribution in [3.63, 3.8) is 0 Å². The Kier molecular flexibility index (Phi) is 3.70. The van der Waals surface area contributed by atoms with Gasteiger partial charge in [0.15, 0.2) is 0 Å². The molecule has 0 atom stereocenters. The first kappa shape index (κ1) is 14.8. The molecule has 3 aromatic rings. The minimum atomic E-state index is 0.899. The van der Waals surface area contributed by atoms with Crippen molar-refractivity contribution in [2.75, 3.05) is 7.11 Å². The molecule has 0 radical (unpaired) electrons. The van der Waals surface area contributed by atoms with Crippen LogP contribution in [0, 0.1) is 0 Å². The van der Waals surface area contributed by atoms with Gasteiger partial charge in [0.2, 0.25) is 0 Å². The highest BCUT2D eigenvalue weighted by Crippen LogP contribution is 2.36. The van der Waals surface area contributed by atoms with Gasteiger partial charge in [-0.15, -0.1) is 0 Å². The smallest absolute Gasteiger partial charge is 0.118 e. The van der Waals surface area contributed by atoms with Gasteiger partial charge in [-0.05, 0) is 63.9 Å². The largest absolute Gasteiger partial charge is 0.497 e. The standard InChI is InChI=1S/C23H20O/c1-16-21-8-4-3-6-19(21)15-23-18(7-5-9-22(16)23)14-17-10-12-20(24-2)13-11-17/h3-13H,1,14-15H2,2H3. The molecule has 1 aliphatic rings. The molecule has 0 N–H and O–H groups in total. The highest BCUT2D eigenvalue weighted by molar-refractivity contribution is 5.84. The molecular formula is C23H20O. The Hall–Kier alpha value is -2.80. The third-order valence-corrected chi connectivity index (χ3v) is 4.86. The fraction of sp³-hybridized carbons (Fsp3) is 0.130. The summed E-state index contributed by atoms with van der Waals surface area (Å²) in [5, 5.41) is 0. The Morgan fingerprint density at radius 3 is 2.42 bits per heavy atom. The van der Waals surface area contributed by atoms with Crippen molar-refractivity contribution < 1.29 is 4.74 Å². The Bertz CT molecular complexity index is 904. The first-order chi connectivity index (χ1) is 11.8. The van der Waals surface area contributed by atoms with E-state index in [0.29, 0.717) is 0 Å². The molecule has 3 aromatic carbocycles. The van der Waals surface area contributed by atoms with Gasteiger partial charge in [-0.1, -0.05) is 61.2 Å². The second kappa shape index (κ2) is 6.01. The van der Waals surface area contributed by atoms with Crippen LogP contribution in [0.15, 0.2) is 73.3 Å². The van der Waals surface area contributed by atoms with Crippen molar-refractivity contribution >= 4 is 5.57 Å². The summed E-state index contributed by atoms with van der Waals surface area (Å²) in [7, 11) is 1.70. The third-order valence-electron chi connectivity index (χ3n) is 4.86. The fourth-order valence-corrected chi connectivity index (χ4v) is 3.56. The SMILES string of the molecule is C=C1c2ccccc2Cc2c(Cc3ccc(OC)cc3)cccc21. The van der Waals surface area contributed by atoms with Crippen molar-refractivity contribution in [3.8, 4) is 5.75 Å². The first-order valence-electron chi connectivity index (χ1n) is 8.27. The summed E-state index contributed by atoms with van der Waals surface area (Å²) in [5.74, 6) is 0.899. The van der Waals surface area contributed by atoms with E-state index in [1.807, 2.05) is 12.1 Å². The van der Waals surface area contributed by atoms with Crippen LogP contribution in [0.1, 0.15) is 33.4 Å². The van der Waals surface area contributed by atoms with Crippen LogP contribution in [0.2, 0.25) is 0 Å². The van der Waals surface area contributed by atoms with E-state index in [4.69, 9.17) is 4.74 Å². The molecule has 0 spiro atoms. The molecule has 1 aliphatic carbocycles. The third kappa shape index (κ3) is 2.52. The number of rotatable bonds is 3. The molecule has 24 heavy (non-hydrogen) atoms. The van der Waals surface area contributed by atoms with Crippen LogP contribution in [0.3, 0.4) is 0 Å². The molecule has 0 saturated heterocycles. The van der Waals surface area contributed by atoms with E-state index in [2.05, 4.69) is 61.2 Å². The summed E-state index contributed by atoms with van der Waals surface area (Å²) in [6, 6.07) is 23.5. The van der Waals surface area contributed by atoms with Crippen molar-refractivity contribution in [3.05, 3.63) is 107 Å². The van der Waals surface area contributed by atoms with Crippen molar-refractivity contribution in [1.82, 2.24) is 0 Å². The quantitative estimate of drug-likeness (QED) is 0.502. The fourth-order valence-electron chi connectivity index (χ4n) is 3.56. The Morgan fingerprint density at radius 1 is 0.875 bits per heavy atom. The minimum absolute atomic E-state index is 0.899. The van der Waals surface area contributed by atoms with Gasteiger partial charge >= 0.3 is 0 Å². The Morgan fingerprint density at radius 2 is 1.62 bits per heavy atom. The van der Waals surface area contributed by atoms with Crippen LogP contribution in [0.4, 0.5) is 0 Å². The van der Waals surface area contributed by atoms with Crippen molar-refractivity contribution in [2.45, 2.75) is 12.8 Å². The maximum Gasteiger partial charge on any atom is 0.118 e. The van der Waals surface area contributed by atoms with E-state index in [0.717, 1.165) is 24.2 Å². The second-order valence-electron chi connectivity index (χ2n) is 6.28. The van der Waals surface area contributed by atoms with E-state index in [1.54, 1.807) is 7.11 Å². The number of ether oxygens (including phenoxy) is 1. The van der Waals surface area contributed by atoms with Gasteiger partial charge in [0, 0.05) is 0 Å². The summed E-state index contributed by atoms with van der Waals surface area (Å²) in [5.41, 5.74) is 9.19. The summed E-state index contributed by atoms with van der Waals surface area (Å²) >= 11 is 0. The molecule has 118 valence electrons. The molecule has 0 aromatic heterocycles. The highest BCUT2D eigenvalue weighted by atomic mass is 16.5.